The SMILES string of the molecule is O=C(Cc1ccc(C(F)(F)F)cn1)[C@@H]1CCCCN1CC1CCOCC1. The van der Waals surface area contributed by atoms with Crippen LogP contribution in [-0.2, 0) is 22.1 Å². The van der Waals surface area contributed by atoms with Gasteiger partial charge in [-0.2, -0.15) is 13.2 Å². The van der Waals surface area contributed by atoms with Gasteiger partial charge in [0, 0.05) is 31.6 Å². The molecule has 2 aliphatic rings. The first-order chi connectivity index (χ1) is 12.4. The third-order valence-electron chi connectivity index (χ3n) is 5.33. The van der Waals surface area contributed by atoms with Gasteiger partial charge < -0.3 is 4.74 Å². The molecule has 3 rings (SSSR count). The van der Waals surface area contributed by atoms with Crippen LogP contribution >= 0.6 is 0 Å². The monoisotopic (exact) mass is 370 g/mol. The molecule has 1 aromatic rings. The summed E-state index contributed by atoms with van der Waals surface area (Å²) >= 11 is 0. The Balaban J connectivity index is 1.60. The van der Waals surface area contributed by atoms with Crippen molar-refractivity contribution in [3.05, 3.63) is 29.6 Å². The smallest absolute Gasteiger partial charge is 0.381 e. The van der Waals surface area contributed by atoms with Gasteiger partial charge in [0.1, 0.15) is 0 Å². The number of piperidine rings is 1. The number of aromatic nitrogens is 1. The summed E-state index contributed by atoms with van der Waals surface area (Å²) in [6.45, 7) is 3.38. The van der Waals surface area contributed by atoms with Crippen LogP contribution in [0.4, 0.5) is 13.2 Å². The molecule has 0 aromatic carbocycles. The Kier molecular flexibility index (Phi) is 6.29. The molecule has 0 aliphatic carbocycles. The predicted octanol–water partition coefficient (Wildman–Crippen LogP) is 3.49. The van der Waals surface area contributed by atoms with Gasteiger partial charge in [0.2, 0.25) is 0 Å². The van der Waals surface area contributed by atoms with Gasteiger partial charge in [-0.05, 0) is 50.3 Å². The molecule has 2 aliphatic heterocycles. The minimum atomic E-state index is -4.40. The van der Waals surface area contributed by atoms with Crippen LogP contribution in [0.25, 0.3) is 0 Å². The second-order valence-electron chi connectivity index (χ2n) is 7.24. The van der Waals surface area contributed by atoms with Gasteiger partial charge in [0.15, 0.2) is 5.78 Å². The third kappa shape index (κ3) is 5.04. The van der Waals surface area contributed by atoms with Gasteiger partial charge >= 0.3 is 6.18 Å². The fourth-order valence-electron chi connectivity index (χ4n) is 3.83. The van der Waals surface area contributed by atoms with Crippen molar-refractivity contribution < 1.29 is 22.7 Å². The molecule has 2 fully saturated rings. The van der Waals surface area contributed by atoms with Crippen molar-refractivity contribution in [3.63, 3.8) is 0 Å². The Hall–Kier alpha value is -1.47. The van der Waals surface area contributed by atoms with Gasteiger partial charge in [0.25, 0.3) is 0 Å². The number of Topliss-reactive ketones (excluding diaryl/α,β-unsaturated/α-hetero) is 1. The highest BCUT2D eigenvalue weighted by molar-refractivity contribution is 5.85. The summed E-state index contributed by atoms with van der Waals surface area (Å²) in [7, 11) is 0. The van der Waals surface area contributed by atoms with E-state index >= 15 is 0 Å². The molecule has 144 valence electrons. The first-order valence-corrected chi connectivity index (χ1v) is 9.30. The van der Waals surface area contributed by atoms with Crippen molar-refractivity contribution in [1.82, 2.24) is 9.88 Å². The zero-order chi connectivity index (χ0) is 18.6. The third-order valence-corrected chi connectivity index (χ3v) is 5.33. The standard InChI is InChI=1S/C19H25F3N2O2/c20-19(21,22)15-4-5-16(23-12-15)11-18(25)17-3-1-2-8-24(17)13-14-6-9-26-10-7-14/h4-5,12,14,17H,1-3,6-11,13H2/t17-/m0/s1. The number of hydrogen-bond donors (Lipinski definition) is 0. The highest BCUT2D eigenvalue weighted by Gasteiger charge is 2.32. The number of ketones is 1. The molecule has 4 nitrogen and oxygen atoms in total. The van der Waals surface area contributed by atoms with Crippen LogP contribution in [0.5, 0.6) is 0 Å². The van der Waals surface area contributed by atoms with Crippen LogP contribution < -0.4 is 0 Å². The fourth-order valence-corrected chi connectivity index (χ4v) is 3.83. The summed E-state index contributed by atoms with van der Waals surface area (Å²) in [6, 6.07) is 2.17. The van der Waals surface area contributed by atoms with E-state index in [1.807, 2.05) is 0 Å². The zero-order valence-electron chi connectivity index (χ0n) is 14.8. The van der Waals surface area contributed by atoms with E-state index in [0.717, 1.165) is 70.7 Å². The average Bonchev–Trinajstić information content (AvgIpc) is 2.63. The van der Waals surface area contributed by atoms with Crippen molar-refractivity contribution in [2.75, 3.05) is 26.3 Å². The van der Waals surface area contributed by atoms with Crippen molar-refractivity contribution in [2.24, 2.45) is 5.92 Å². The number of halogens is 3. The molecule has 0 radical (unpaired) electrons. The molecule has 0 spiro atoms. The summed E-state index contributed by atoms with van der Waals surface area (Å²) in [4.78, 5) is 18.9. The van der Waals surface area contributed by atoms with E-state index in [2.05, 4.69) is 9.88 Å². The molecule has 0 N–H and O–H groups in total. The van der Waals surface area contributed by atoms with E-state index in [1.54, 1.807) is 0 Å². The van der Waals surface area contributed by atoms with E-state index in [9.17, 15) is 18.0 Å². The molecule has 0 bridgehead atoms. The lowest BCUT2D eigenvalue weighted by Crippen LogP contribution is -2.47. The van der Waals surface area contributed by atoms with Gasteiger partial charge in [-0.1, -0.05) is 6.42 Å². The number of rotatable bonds is 5. The first-order valence-electron chi connectivity index (χ1n) is 9.30. The molecular formula is C19H25F3N2O2. The van der Waals surface area contributed by atoms with E-state index < -0.39 is 11.7 Å². The van der Waals surface area contributed by atoms with Gasteiger partial charge in [-0.25, -0.2) is 0 Å². The molecular weight excluding hydrogens is 345 g/mol. The Bertz CT molecular complexity index is 598. The lowest BCUT2D eigenvalue weighted by molar-refractivity contribution is -0.137. The summed E-state index contributed by atoms with van der Waals surface area (Å²) in [6.07, 6.45) is 1.47. The van der Waals surface area contributed by atoms with Crippen LogP contribution in [-0.4, -0.2) is 48.0 Å². The number of likely N-dealkylation sites (tertiary alicyclic amines) is 1. The van der Waals surface area contributed by atoms with Crippen LogP contribution in [0.1, 0.15) is 43.4 Å². The number of nitrogens with zero attached hydrogens (tertiary/aromatic N) is 2. The Morgan fingerprint density at radius 3 is 2.62 bits per heavy atom. The number of carbonyl (C=O) groups excluding carboxylic acids is 1. The number of ether oxygens (including phenoxy) is 1. The van der Waals surface area contributed by atoms with E-state index in [4.69, 9.17) is 4.74 Å². The van der Waals surface area contributed by atoms with Crippen LogP contribution in [0.3, 0.4) is 0 Å². The van der Waals surface area contributed by atoms with Gasteiger partial charge in [0.05, 0.1) is 18.0 Å². The Morgan fingerprint density at radius 1 is 1.19 bits per heavy atom. The molecule has 1 aromatic heterocycles. The largest absolute Gasteiger partial charge is 0.417 e. The number of pyridine rings is 1. The molecule has 1 atom stereocenters. The first kappa shape index (κ1) is 19.3. The number of alkyl halides is 3. The predicted molar refractivity (Wildman–Crippen MR) is 90.7 cm³/mol. The minimum Gasteiger partial charge on any atom is -0.381 e. The highest BCUT2D eigenvalue weighted by Crippen LogP contribution is 2.29. The number of carbonyl (C=O) groups is 1. The Labute approximate surface area is 151 Å². The van der Waals surface area contributed by atoms with E-state index in [0.29, 0.717) is 11.6 Å². The van der Waals surface area contributed by atoms with Crippen molar-refractivity contribution in [2.45, 2.75) is 50.7 Å². The average molecular weight is 370 g/mol. The van der Waals surface area contributed by atoms with Crippen LogP contribution in [0, 0.1) is 5.92 Å². The van der Waals surface area contributed by atoms with Crippen molar-refractivity contribution >= 4 is 5.78 Å². The zero-order valence-corrected chi connectivity index (χ0v) is 14.8. The molecule has 2 saturated heterocycles. The topological polar surface area (TPSA) is 42.4 Å². The maximum absolute atomic E-state index is 12.8. The molecule has 26 heavy (non-hydrogen) atoms. The lowest BCUT2D eigenvalue weighted by Gasteiger charge is -2.38. The van der Waals surface area contributed by atoms with Crippen molar-refractivity contribution in [3.8, 4) is 0 Å². The quantitative estimate of drug-likeness (QED) is 0.796. The molecule has 0 amide bonds. The normalized spacial score (nSPS) is 23.1. The van der Waals surface area contributed by atoms with E-state index in [1.165, 1.54) is 6.07 Å². The maximum Gasteiger partial charge on any atom is 0.417 e. The minimum absolute atomic E-state index is 0.0593. The van der Waals surface area contributed by atoms with Gasteiger partial charge in [-0.15, -0.1) is 0 Å². The lowest BCUT2D eigenvalue weighted by atomic mass is 9.92. The van der Waals surface area contributed by atoms with Crippen LogP contribution in [0.2, 0.25) is 0 Å². The summed E-state index contributed by atoms with van der Waals surface area (Å²) in [5.74, 6) is 0.616. The summed E-state index contributed by atoms with van der Waals surface area (Å²) in [5, 5.41) is 0. The second kappa shape index (κ2) is 8.48. The summed E-state index contributed by atoms with van der Waals surface area (Å²) < 4.78 is 43.3. The second-order valence-corrected chi connectivity index (χ2v) is 7.24. The summed E-state index contributed by atoms with van der Waals surface area (Å²) in [5.41, 5.74) is -0.382. The maximum atomic E-state index is 12.8. The van der Waals surface area contributed by atoms with E-state index in [-0.39, 0.29) is 18.2 Å². The van der Waals surface area contributed by atoms with Gasteiger partial charge in [-0.3, -0.25) is 14.7 Å². The molecule has 0 unspecified atom stereocenters. The molecule has 3 heterocycles. The van der Waals surface area contributed by atoms with Crippen molar-refractivity contribution in [1.29, 1.82) is 0 Å². The highest BCUT2D eigenvalue weighted by atomic mass is 19.4. The molecule has 0 saturated carbocycles. The van der Waals surface area contributed by atoms with Crippen LogP contribution in [0.15, 0.2) is 18.3 Å². The fraction of sp³-hybridized carbons (Fsp3) is 0.684. The molecule has 7 heteroatoms. The number of hydrogen-bond acceptors (Lipinski definition) is 4. The Morgan fingerprint density at radius 2 is 1.96 bits per heavy atom.